The predicted octanol–water partition coefficient (Wildman–Crippen LogP) is 1.04. The van der Waals surface area contributed by atoms with Crippen molar-refractivity contribution in [3.05, 3.63) is 18.2 Å². The van der Waals surface area contributed by atoms with Crippen molar-refractivity contribution < 1.29 is 4.79 Å². The van der Waals surface area contributed by atoms with Gasteiger partial charge >= 0.3 is 0 Å². The average Bonchev–Trinajstić information content (AvgIpc) is 2.98. The topological polar surface area (TPSA) is 82.7 Å². The minimum Gasteiger partial charge on any atom is -0.326 e. The summed E-state index contributed by atoms with van der Waals surface area (Å²) in [7, 11) is 0. The molecule has 0 bridgehead atoms. The number of amides is 1. The third-order valence-corrected chi connectivity index (χ3v) is 3.19. The second-order valence-corrected chi connectivity index (χ2v) is 4.57. The molecule has 18 heavy (non-hydrogen) atoms. The summed E-state index contributed by atoms with van der Waals surface area (Å²) in [6.07, 6.45) is 2.76. The average molecular weight is 245 g/mol. The molecule has 94 valence electrons. The molecule has 1 amide bonds. The number of hydrogen-bond acceptors (Lipinski definition) is 4. The number of aromatic nitrogens is 3. The first-order chi connectivity index (χ1) is 8.81. The van der Waals surface area contributed by atoms with Gasteiger partial charge in [-0.15, -0.1) is 0 Å². The lowest BCUT2D eigenvalue weighted by atomic mass is 10.1. The molecule has 2 aromatic rings. The van der Waals surface area contributed by atoms with Gasteiger partial charge in [0.25, 0.3) is 0 Å². The molecule has 3 rings (SSSR count). The molecular formula is C12H15N5O. The quantitative estimate of drug-likeness (QED) is 0.754. The van der Waals surface area contributed by atoms with Gasteiger partial charge in [0.1, 0.15) is 11.0 Å². The van der Waals surface area contributed by atoms with Gasteiger partial charge in [-0.1, -0.05) is 0 Å². The van der Waals surface area contributed by atoms with Crippen LogP contribution < -0.4 is 10.6 Å². The highest BCUT2D eigenvalue weighted by molar-refractivity contribution is 5.93. The number of fused-ring (bicyclic) bond motifs is 1. The number of anilines is 1. The number of hydrogen-bond donors (Lipinski definition) is 3. The van der Waals surface area contributed by atoms with Gasteiger partial charge in [-0.2, -0.15) is 15.4 Å². The maximum absolute atomic E-state index is 11.8. The van der Waals surface area contributed by atoms with Crippen LogP contribution in [0.2, 0.25) is 0 Å². The first-order valence-corrected chi connectivity index (χ1v) is 6.15. The van der Waals surface area contributed by atoms with Crippen LogP contribution in [0, 0.1) is 0 Å². The Hall–Kier alpha value is -1.95. The molecule has 1 fully saturated rings. The van der Waals surface area contributed by atoms with Gasteiger partial charge in [0.2, 0.25) is 5.91 Å². The molecule has 3 N–H and O–H groups in total. The van der Waals surface area contributed by atoms with Crippen molar-refractivity contribution in [2.75, 3.05) is 11.9 Å². The lowest BCUT2D eigenvalue weighted by molar-refractivity contribution is -0.116. The van der Waals surface area contributed by atoms with Crippen LogP contribution in [0.1, 0.15) is 19.3 Å². The van der Waals surface area contributed by atoms with E-state index < -0.39 is 0 Å². The summed E-state index contributed by atoms with van der Waals surface area (Å²) in [5.41, 5.74) is 2.32. The van der Waals surface area contributed by atoms with Crippen LogP contribution >= 0.6 is 0 Å². The zero-order valence-electron chi connectivity index (χ0n) is 9.94. The zero-order chi connectivity index (χ0) is 12.4. The predicted molar refractivity (Wildman–Crippen MR) is 68.2 cm³/mol. The highest BCUT2D eigenvalue weighted by Crippen LogP contribution is 2.16. The lowest BCUT2D eigenvalue weighted by Gasteiger charge is -2.10. The molecular weight excluding hydrogens is 230 g/mol. The van der Waals surface area contributed by atoms with E-state index in [-0.39, 0.29) is 5.91 Å². The molecule has 1 aromatic carbocycles. The molecule has 6 nitrogen and oxygen atoms in total. The maximum atomic E-state index is 11.8. The van der Waals surface area contributed by atoms with Gasteiger partial charge in [-0.05, 0) is 37.6 Å². The van der Waals surface area contributed by atoms with Crippen LogP contribution in [-0.4, -0.2) is 33.9 Å². The summed E-state index contributed by atoms with van der Waals surface area (Å²) in [6.45, 7) is 1.02. The van der Waals surface area contributed by atoms with Gasteiger partial charge in [-0.25, -0.2) is 0 Å². The fourth-order valence-corrected chi connectivity index (χ4v) is 2.28. The number of carbonyl (C=O) groups is 1. The largest absolute Gasteiger partial charge is 0.326 e. The minimum atomic E-state index is 0.0391. The summed E-state index contributed by atoms with van der Waals surface area (Å²) in [6, 6.07) is 5.81. The molecule has 1 aromatic heterocycles. The van der Waals surface area contributed by atoms with E-state index in [1.807, 2.05) is 18.2 Å². The number of aromatic amines is 1. The van der Waals surface area contributed by atoms with Gasteiger partial charge in [0.05, 0.1) is 0 Å². The molecule has 1 unspecified atom stereocenters. The van der Waals surface area contributed by atoms with Gasteiger partial charge in [0.15, 0.2) is 0 Å². The number of rotatable bonds is 3. The highest BCUT2D eigenvalue weighted by Gasteiger charge is 2.17. The number of H-pyrrole nitrogens is 1. The normalized spacial score (nSPS) is 19.2. The van der Waals surface area contributed by atoms with E-state index in [0.29, 0.717) is 12.5 Å². The van der Waals surface area contributed by atoms with Crippen molar-refractivity contribution in [3.8, 4) is 0 Å². The fraction of sp³-hybridized carbons (Fsp3) is 0.417. The first-order valence-electron chi connectivity index (χ1n) is 6.15. The Morgan fingerprint density at radius 2 is 2.28 bits per heavy atom. The molecule has 1 atom stereocenters. The second-order valence-electron chi connectivity index (χ2n) is 4.57. The van der Waals surface area contributed by atoms with Gasteiger partial charge < -0.3 is 10.6 Å². The van der Waals surface area contributed by atoms with E-state index in [1.54, 1.807) is 0 Å². The van der Waals surface area contributed by atoms with Crippen LogP contribution in [-0.2, 0) is 4.79 Å². The summed E-state index contributed by atoms with van der Waals surface area (Å²) in [5, 5.41) is 16.7. The minimum absolute atomic E-state index is 0.0391. The van der Waals surface area contributed by atoms with Gasteiger partial charge in [-0.3, -0.25) is 4.79 Å². The molecule has 2 heterocycles. The van der Waals surface area contributed by atoms with Crippen molar-refractivity contribution in [3.63, 3.8) is 0 Å². The van der Waals surface area contributed by atoms with E-state index in [1.165, 1.54) is 0 Å². The molecule has 0 spiro atoms. The van der Waals surface area contributed by atoms with Crippen LogP contribution in [0.5, 0.6) is 0 Å². The Morgan fingerprint density at radius 1 is 1.39 bits per heavy atom. The molecule has 0 aliphatic carbocycles. The van der Waals surface area contributed by atoms with Crippen molar-refractivity contribution in [1.82, 2.24) is 20.7 Å². The number of nitrogens with one attached hydrogen (secondary N) is 3. The number of benzene rings is 1. The zero-order valence-corrected chi connectivity index (χ0v) is 9.94. The SMILES string of the molecule is O=C(CC1CCCN1)Nc1ccc2n[nH]nc2c1. The smallest absolute Gasteiger partial charge is 0.225 e. The van der Waals surface area contributed by atoms with Crippen LogP contribution in [0.25, 0.3) is 11.0 Å². The molecule has 1 aliphatic rings. The van der Waals surface area contributed by atoms with Crippen molar-refractivity contribution in [1.29, 1.82) is 0 Å². The summed E-state index contributed by atoms with van der Waals surface area (Å²) >= 11 is 0. The van der Waals surface area contributed by atoms with Crippen LogP contribution in [0.4, 0.5) is 5.69 Å². The van der Waals surface area contributed by atoms with E-state index in [9.17, 15) is 4.79 Å². The summed E-state index contributed by atoms with van der Waals surface area (Å²) < 4.78 is 0. The van der Waals surface area contributed by atoms with Crippen molar-refractivity contribution in [2.24, 2.45) is 0 Å². The monoisotopic (exact) mass is 245 g/mol. The number of nitrogens with zero attached hydrogens (tertiary/aromatic N) is 2. The van der Waals surface area contributed by atoms with Gasteiger partial charge in [0, 0.05) is 18.2 Å². The van der Waals surface area contributed by atoms with E-state index in [0.717, 1.165) is 36.1 Å². The molecule has 1 saturated heterocycles. The van der Waals surface area contributed by atoms with E-state index in [2.05, 4.69) is 26.0 Å². The maximum Gasteiger partial charge on any atom is 0.225 e. The van der Waals surface area contributed by atoms with Crippen molar-refractivity contribution in [2.45, 2.75) is 25.3 Å². The van der Waals surface area contributed by atoms with Crippen LogP contribution in [0.3, 0.4) is 0 Å². The summed E-state index contributed by atoms with van der Waals surface area (Å²) in [5.74, 6) is 0.0391. The lowest BCUT2D eigenvalue weighted by Crippen LogP contribution is -2.27. The molecule has 0 radical (unpaired) electrons. The number of carbonyl (C=O) groups excluding carboxylic acids is 1. The van der Waals surface area contributed by atoms with Crippen LogP contribution in [0.15, 0.2) is 18.2 Å². The van der Waals surface area contributed by atoms with E-state index in [4.69, 9.17) is 0 Å². The van der Waals surface area contributed by atoms with E-state index >= 15 is 0 Å². The Labute approximate surface area is 104 Å². The fourth-order valence-electron chi connectivity index (χ4n) is 2.28. The standard InChI is InChI=1S/C12H15N5O/c18-12(7-8-2-1-5-13-8)14-9-3-4-10-11(6-9)16-17-15-10/h3-4,6,8,13H,1-2,5,7H2,(H,14,18)(H,15,16,17). The third kappa shape index (κ3) is 2.33. The second kappa shape index (κ2) is 4.73. The molecule has 1 aliphatic heterocycles. The Bertz CT molecular complexity index is 558. The Balaban J connectivity index is 1.65. The first kappa shape index (κ1) is 11.2. The third-order valence-electron chi connectivity index (χ3n) is 3.19. The summed E-state index contributed by atoms with van der Waals surface area (Å²) in [4.78, 5) is 11.8. The highest BCUT2D eigenvalue weighted by atomic mass is 16.1. The molecule has 6 heteroatoms. The van der Waals surface area contributed by atoms with Crippen molar-refractivity contribution >= 4 is 22.6 Å². The molecule has 0 saturated carbocycles. The Morgan fingerprint density at radius 3 is 3.11 bits per heavy atom. The Kier molecular flexibility index (Phi) is 2.93.